The summed E-state index contributed by atoms with van der Waals surface area (Å²) in [5, 5.41) is 26.9. The molecule has 5 heteroatoms. The Bertz CT molecular complexity index is 463. The van der Waals surface area contributed by atoms with Crippen LogP contribution in [0.2, 0.25) is 5.02 Å². The lowest BCUT2D eigenvalue weighted by molar-refractivity contribution is -0.131. The summed E-state index contributed by atoms with van der Waals surface area (Å²) in [6.45, 7) is 0. The first-order valence-corrected chi connectivity index (χ1v) is 4.67. The maximum absolute atomic E-state index is 10.2. The number of rotatable bonds is 3. The predicted octanol–water partition coefficient (Wildman–Crippen LogP) is 2.41. The molecular formula is C11H9ClO4. The Kier molecular flexibility index (Phi) is 3.96. The molecule has 0 amide bonds. The number of carboxylic acids is 1. The van der Waals surface area contributed by atoms with Crippen molar-refractivity contribution in [3.63, 3.8) is 0 Å². The van der Waals surface area contributed by atoms with E-state index in [0.29, 0.717) is 5.56 Å². The first-order valence-electron chi connectivity index (χ1n) is 4.30. The second-order valence-corrected chi connectivity index (χ2v) is 3.33. The normalized spacial score (nSPS) is 11.3. The van der Waals surface area contributed by atoms with Crippen LogP contribution in [0, 0.1) is 0 Å². The van der Waals surface area contributed by atoms with E-state index in [4.69, 9.17) is 21.8 Å². The molecule has 0 unspecified atom stereocenters. The molecule has 3 N–H and O–H groups in total. The number of phenolic OH excluding ortho intramolecular Hbond substituents is 2. The number of halogens is 1. The number of carbonyl (C=O) groups is 1. The number of carboxylic acid groups (broad SMARTS) is 1. The number of aliphatic carboxylic acids is 1. The van der Waals surface area contributed by atoms with Crippen LogP contribution in [-0.4, -0.2) is 21.3 Å². The lowest BCUT2D eigenvalue weighted by atomic mass is 10.2. The molecule has 0 aliphatic rings. The van der Waals surface area contributed by atoms with Gasteiger partial charge in [-0.15, -0.1) is 0 Å². The van der Waals surface area contributed by atoms with Crippen LogP contribution in [0.15, 0.2) is 30.4 Å². The van der Waals surface area contributed by atoms with Crippen molar-refractivity contribution >= 4 is 23.6 Å². The van der Waals surface area contributed by atoms with E-state index in [0.717, 1.165) is 6.08 Å². The van der Waals surface area contributed by atoms with Gasteiger partial charge < -0.3 is 15.3 Å². The van der Waals surface area contributed by atoms with Gasteiger partial charge in [-0.05, 0) is 11.6 Å². The van der Waals surface area contributed by atoms with Crippen LogP contribution in [-0.2, 0) is 4.79 Å². The SMILES string of the molecule is O=C(O)/C=C/C=C/c1cc(O)c(O)cc1Cl. The second kappa shape index (κ2) is 5.23. The molecule has 0 heterocycles. The third kappa shape index (κ3) is 3.33. The molecule has 0 saturated heterocycles. The van der Waals surface area contributed by atoms with Gasteiger partial charge in [0, 0.05) is 12.1 Å². The summed E-state index contributed by atoms with van der Waals surface area (Å²) in [4.78, 5) is 10.2. The molecule has 0 spiro atoms. The van der Waals surface area contributed by atoms with Crippen molar-refractivity contribution in [1.29, 1.82) is 0 Å². The summed E-state index contributed by atoms with van der Waals surface area (Å²) in [6, 6.07) is 2.49. The van der Waals surface area contributed by atoms with Gasteiger partial charge in [-0.2, -0.15) is 0 Å². The minimum atomic E-state index is -1.05. The Morgan fingerprint density at radius 1 is 1.19 bits per heavy atom. The van der Waals surface area contributed by atoms with Gasteiger partial charge in [0.05, 0.1) is 5.02 Å². The first kappa shape index (κ1) is 12.1. The Balaban J connectivity index is 2.89. The summed E-state index contributed by atoms with van der Waals surface area (Å²) in [7, 11) is 0. The topological polar surface area (TPSA) is 77.8 Å². The summed E-state index contributed by atoms with van der Waals surface area (Å²) in [5.74, 6) is -1.64. The largest absolute Gasteiger partial charge is 0.504 e. The van der Waals surface area contributed by atoms with Crippen molar-refractivity contribution in [2.24, 2.45) is 0 Å². The fourth-order valence-electron chi connectivity index (χ4n) is 0.992. The number of hydrogen-bond acceptors (Lipinski definition) is 3. The Hall–Kier alpha value is -1.94. The van der Waals surface area contributed by atoms with Crippen LogP contribution in [0.5, 0.6) is 11.5 Å². The Labute approximate surface area is 96.7 Å². The smallest absolute Gasteiger partial charge is 0.328 e. The van der Waals surface area contributed by atoms with Crippen LogP contribution in [0.25, 0.3) is 6.08 Å². The van der Waals surface area contributed by atoms with Gasteiger partial charge in [0.2, 0.25) is 0 Å². The number of allylic oxidation sites excluding steroid dienone is 2. The Morgan fingerprint density at radius 2 is 1.81 bits per heavy atom. The lowest BCUT2D eigenvalue weighted by Crippen LogP contribution is -1.84. The van der Waals surface area contributed by atoms with Gasteiger partial charge in [-0.3, -0.25) is 0 Å². The van der Waals surface area contributed by atoms with E-state index in [-0.39, 0.29) is 16.5 Å². The molecule has 0 fully saturated rings. The van der Waals surface area contributed by atoms with Crippen molar-refractivity contribution in [2.75, 3.05) is 0 Å². The molecule has 0 atom stereocenters. The van der Waals surface area contributed by atoms with E-state index in [2.05, 4.69) is 0 Å². The van der Waals surface area contributed by atoms with Crippen LogP contribution in [0.1, 0.15) is 5.56 Å². The molecular weight excluding hydrogens is 232 g/mol. The highest BCUT2D eigenvalue weighted by molar-refractivity contribution is 6.32. The predicted molar refractivity (Wildman–Crippen MR) is 60.6 cm³/mol. The van der Waals surface area contributed by atoms with Crippen molar-refractivity contribution in [3.05, 3.63) is 40.9 Å². The standard InChI is InChI=1S/C11H9ClO4/c12-8-6-10(14)9(13)5-7(8)3-1-2-4-11(15)16/h1-6,13-14H,(H,15,16)/b3-1+,4-2+. The minimum absolute atomic E-state index is 0.260. The first-order chi connectivity index (χ1) is 7.50. The Morgan fingerprint density at radius 3 is 2.44 bits per heavy atom. The molecule has 0 aliphatic carbocycles. The monoisotopic (exact) mass is 240 g/mol. The number of phenols is 2. The lowest BCUT2D eigenvalue weighted by Gasteiger charge is -2.01. The average Bonchev–Trinajstić information content (AvgIpc) is 2.19. The molecule has 0 aromatic heterocycles. The zero-order valence-corrected chi connectivity index (χ0v) is 8.85. The molecule has 84 valence electrons. The summed E-state index contributed by atoms with van der Waals surface area (Å²) < 4.78 is 0. The van der Waals surface area contributed by atoms with Crippen LogP contribution < -0.4 is 0 Å². The molecule has 0 bridgehead atoms. The highest BCUT2D eigenvalue weighted by Crippen LogP contribution is 2.31. The minimum Gasteiger partial charge on any atom is -0.504 e. The zero-order chi connectivity index (χ0) is 12.1. The molecule has 1 aromatic carbocycles. The van der Waals surface area contributed by atoms with E-state index in [9.17, 15) is 9.90 Å². The summed E-state index contributed by atoms with van der Waals surface area (Å²) in [6.07, 6.45) is 5.26. The molecule has 16 heavy (non-hydrogen) atoms. The zero-order valence-electron chi connectivity index (χ0n) is 8.09. The molecule has 0 saturated carbocycles. The maximum Gasteiger partial charge on any atom is 0.328 e. The van der Waals surface area contributed by atoms with E-state index in [1.165, 1.54) is 30.4 Å². The van der Waals surface area contributed by atoms with Crippen molar-refractivity contribution < 1.29 is 20.1 Å². The fraction of sp³-hybridized carbons (Fsp3) is 0. The highest BCUT2D eigenvalue weighted by Gasteiger charge is 2.03. The molecule has 4 nitrogen and oxygen atoms in total. The van der Waals surface area contributed by atoms with E-state index in [1.807, 2.05) is 0 Å². The molecule has 1 rings (SSSR count). The molecule has 0 aliphatic heterocycles. The second-order valence-electron chi connectivity index (χ2n) is 2.92. The number of aromatic hydroxyl groups is 2. The fourth-order valence-corrected chi connectivity index (χ4v) is 1.21. The van der Waals surface area contributed by atoms with Gasteiger partial charge in [0.1, 0.15) is 0 Å². The third-order valence-corrected chi connectivity index (χ3v) is 2.05. The quantitative estimate of drug-likeness (QED) is 0.431. The average molecular weight is 241 g/mol. The van der Waals surface area contributed by atoms with Gasteiger partial charge >= 0.3 is 5.97 Å². The van der Waals surface area contributed by atoms with Gasteiger partial charge in [-0.1, -0.05) is 29.8 Å². The van der Waals surface area contributed by atoms with Crippen molar-refractivity contribution in [1.82, 2.24) is 0 Å². The number of hydrogen-bond donors (Lipinski definition) is 3. The van der Waals surface area contributed by atoms with Crippen LogP contribution >= 0.6 is 11.6 Å². The maximum atomic E-state index is 10.2. The van der Waals surface area contributed by atoms with Crippen molar-refractivity contribution in [3.8, 4) is 11.5 Å². The molecule has 1 aromatic rings. The molecule has 0 radical (unpaired) electrons. The number of benzene rings is 1. The highest BCUT2D eigenvalue weighted by atomic mass is 35.5. The van der Waals surface area contributed by atoms with Crippen LogP contribution in [0.3, 0.4) is 0 Å². The van der Waals surface area contributed by atoms with Crippen molar-refractivity contribution in [2.45, 2.75) is 0 Å². The van der Waals surface area contributed by atoms with Gasteiger partial charge in [0.15, 0.2) is 11.5 Å². The van der Waals surface area contributed by atoms with E-state index in [1.54, 1.807) is 0 Å². The van der Waals surface area contributed by atoms with Gasteiger partial charge in [-0.25, -0.2) is 4.79 Å². The van der Waals surface area contributed by atoms with Crippen LogP contribution in [0.4, 0.5) is 0 Å². The summed E-state index contributed by atoms with van der Waals surface area (Å²) >= 11 is 5.78. The van der Waals surface area contributed by atoms with E-state index < -0.39 is 5.97 Å². The van der Waals surface area contributed by atoms with Gasteiger partial charge in [0.25, 0.3) is 0 Å². The summed E-state index contributed by atoms with van der Waals surface area (Å²) in [5.41, 5.74) is 0.479. The van der Waals surface area contributed by atoms with E-state index >= 15 is 0 Å². The third-order valence-electron chi connectivity index (χ3n) is 1.72.